The summed E-state index contributed by atoms with van der Waals surface area (Å²) in [5, 5.41) is 14.0. The van der Waals surface area contributed by atoms with Crippen molar-refractivity contribution in [1.82, 2.24) is 19.7 Å². The van der Waals surface area contributed by atoms with Crippen LogP contribution < -0.4 is 5.32 Å². The first kappa shape index (κ1) is 23.9. The Morgan fingerprint density at radius 3 is 2.47 bits per heavy atom. The molecule has 5 aromatic rings. The fourth-order valence-corrected chi connectivity index (χ4v) is 5.25. The quantitative estimate of drug-likeness (QED) is 0.238. The Labute approximate surface area is 215 Å². The minimum atomic E-state index is -0.0527. The SMILES string of the molecule is CCc1cccc(CC)c1NC(=O)CSc1nnc(-c2c[nH]c3ccccc23)n1-c1cccc(C)c1. The van der Waals surface area contributed by atoms with Crippen molar-refractivity contribution < 1.29 is 4.79 Å². The number of aromatic amines is 1. The molecule has 0 saturated carbocycles. The maximum atomic E-state index is 13.0. The molecular formula is C29H29N5OS. The second-order valence-corrected chi connectivity index (χ2v) is 9.67. The summed E-state index contributed by atoms with van der Waals surface area (Å²) in [7, 11) is 0. The Bertz CT molecular complexity index is 1510. The zero-order valence-electron chi connectivity index (χ0n) is 20.7. The summed E-state index contributed by atoms with van der Waals surface area (Å²) in [4.78, 5) is 16.4. The van der Waals surface area contributed by atoms with E-state index in [1.165, 1.54) is 11.8 Å². The van der Waals surface area contributed by atoms with Crippen molar-refractivity contribution in [3.05, 3.63) is 89.6 Å². The van der Waals surface area contributed by atoms with E-state index in [1.54, 1.807) is 0 Å². The van der Waals surface area contributed by atoms with Crippen LogP contribution in [0.1, 0.15) is 30.5 Å². The van der Waals surface area contributed by atoms with E-state index in [1.807, 2.05) is 41.1 Å². The van der Waals surface area contributed by atoms with Crippen molar-refractivity contribution in [3.8, 4) is 17.1 Å². The third-order valence-corrected chi connectivity index (χ3v) is 7.25. The highest BCUT2D eigenvalue weighted by Crippen LogP contribution is 2.33. The first-order chi connectivity index (χ1) is 17.6. The van der Waals surface area contributed by atoms with Gasteiger partial charge in [0.05, 0.1) is 5.75 Å². The van der Waals surface area contributed by atoms with Crippen LogP contribution in [0.3, 0.4) is 0 Å². The molecule has 36 heavy (non-hydrogen) atoms. The summed E-state index contributed by atoms with van der Waals surface area (Å²) in [6, 6.07) is 22.6. The third kappa shape index (κ3) is 4.66. The molecule has 0 aliphatic carbocycles. The number of para-hydroxylation sites is 2. The van der Waals surface area contributed by atoms with Gasteiger partial charge in [-0.05, 0) is 54.7 Å². The summed E-state index contributed by atoms with van der Waals surface area (Å²) < 4.78 is 2.04. The summed E-state index contributed by atoms with van der Waals surface area (Å²) in [5.74, 6) is 0.924. The van der Waals surface area contributed by atoms with E-state index in [9.17, 15) is 4.79 Å². The van der Waals surface area contributed by atoms with Crippen molar-refractivity contribution in [2.45, 2.75) is 38.8 Å². The van der Waals surface area contributed by atoms with Crippen LogP contribution >= 0.6 is 11.8 Å². The molecule has 2 aromatic heterocycles. The lowest BCUT2D eigenvalue weighted by Crippen LogP contribution is -2.17. The maximum absolute atomic E-state index is 13.0. The topological polar surface area (TPSA) is 75.6 Å². The number of fused-ring (bicyclic) bond motifs is 1. The molecule has 0 aliphatic heterocycles. The Hall–Kier alpha value is -3.84. The van der Waals surface area contributed by atoms with Crippen LogP contribution in [0.15, 0.2) is 78.1 Å². The fourth-order valence-electron chi connectivity index (χ4n) is 4.50. The number of thioether (sulfide) groups is 1. The van der Waals surface area contributed by atoms with Gasteiger partial charge in [0.1, 0.15) is 0 Å². The Morgan fingerprint density at radius 2 is 1.72 bits per heavy atom. The van der Waals surface area contributed by atoms with Gasteiger partial charge < -0.3 is 10.3 Å². The number of rotatable bonds is 8. The van der Waals surface area contributed by atoms with Crippen molar-refractivity contribution >= 4 is 34.3 Å². The van der Waals surface area contributed by atoms with Gasteiger partial charge in [0.15, 0.2) is 11.0 Å². The number of nitrogens with one attached hydrogen (secondary N) is 2. The van der Waals surface area contributed by atoms with Gasteiger partial charge in [-0.25, -0.2) is 0 Å². The molecule has 0 saturated heterocycles. The highest BCUT2D eigenvalue weighted by atomic mass is 32.2. The number of aromatic nitrogens is 4. The number of amides is 1. The Balaban J connectivity index is 1.47. The Morgan fingerprint density at radius 1 is 0.972 bits per heavy atom. The van der Waals surface area contributed by atoms with Gasteiger partial charge in [-0.2, -0.15) is 0 Å². The van der Waals surface area contributed by atoms with Crippen LogP contribution in [0.5, 0.6) is 0 Å². The molecule has 7 heteroatoms. The van der Waals surface area contributed by atoms with Crippen LogP contribution in [0.2, 0.25) is 0 Å². The summed E-state index contributed by atoms with van der Waals surface area (Å²) in [6.07, 6.45) is 3.70. The average molecular weight is 496 g/mol. The maximum Gasteiger partial charge on any atom is 0.234 e. The number of aryl methyl sites for hydroxylation is 3. The van der Waals surface area contributed by atoms with Gasteiger partial charge in [0, 0.05) is 34.0 Å². The minimum Gasteiger partial charge on any atom is -0.360 e. The lowest BCUT2D eigenvalue weighted by Gasteiger charge is -2.14. The number of H-pyrrole nitrogens is 1. The standard InChI is InChI=1S/C29H29N5OS/c1-4-20-11-9-12-21(5-2)27(20)31-26(35)18-36-29-33-32-28(34(29)22-13-8-10-19(3)16-22)24-17-30-25-15-7-6-14-23(24)25/h6-17,30H,4-5,18H2,1-3H3,(H,31,35). The van der Waals surface area contributed by atoms with Crippen molar-refractivity contribution in [2.75, 3.05) is 11.1 Å². The zero-order valence-corrected chi connectivity index (χ0v) is 21.5. The van der Waals surface area contributed by atoms with E-state index in [2.05, 4.69) is 77.7 Å². The zero-order chi connectivity index (χ0) is 25.1. The molecule has 1 amide bonds. The average Bonchev–Trinajstić information content (AvgIpc) is 3.51. The predicted molar refractivity (Wildman–Crippen MR) is 148 cm³/mol. The fraction of sp³-hybridized carbons (Fsp3) is 0.207. The highest BCUT2D eigenvalue weighted by Gasteiger charge is 2.20. The third-order valence-electron chi connectivity index (χ3n) is 6.32. The van der Waals surface area contributed by atoms with E-state index in [4.69, 9.17) is 0 Å². The highest BCUT2D eigenvalue weighted by molar-refractivity contribution is 7.99. The number of nitrogens with zero attached hydrogens (tertiary/aromatic N) is 3. The van der Waals surface area contributed by atoms with E-state index in [-0.39, 0.29) is 11.7 Å². The normalized spacial score (nSPS) is 11.2. The Kier molecular flexibility index (Phi) is 6.91. The van der Waals surface area contributed by atoms with E-state index in [0.29, 0.717) is 5.16 Å². The van der Waals surface area contributed by atoms with E-state index < -0.39 is 0 Å². The van der Waals surface area contributed by atoms with Crippen molar-refractivity contribution in [2.24, 2.45) is 0 Å². The number of benzene rings is 3. The summed E-state index contributed by atoms with van der Waals surface area (Å²) in [5.41, 5.74) is 7.36. The number of hydrogen-bond acceptors (Lipinski definition) is 4. The lowest BCUT2D eigenvalue weighted by molar-refractivity contribution is -0.113. The summed E-state index contributed by atoms with van der Waals surface area (Å²) in [6.45, 7) is 6.28. The van der Waals surface area contributed by atoms with Crippen LogP contribution in [0.4, 0.5) is 5.69 Å². The van der Waals surface area contributed by atoms with Gasteiger partial charge >= 0.3 is 0 Å². The first-order valence-corrected chi connectivity index (χ1v) is 13.2. The largest absolute Gasteiger partial charge is 0.360 e. The van der Waals surface area contributed by atoms with Gasteiger partial charge in [-0.1, -0.05) is 74.1 Å². The molecule has 0 spiro atoms. The second-order valence-electron chi connectivity index (χ2n) is 8.72. The number of carbonyl (C=O) groups excluding carboxylic acids is 1. The molecule has 0 aliphatic rings. The van der Waals surface area contributed by atoms with Crippen molar-refractivity contribution in [3.63, 3.8) is 0 Å². The summed E-state index contributed by atoms with van der Waals surface area (Å²) >= 11 is 1.39. The molecule has 3 aromatic carbocycles. The predicted octanol–water partition coefficient (Wildman–Crippen LogP) is 6.58. The van der Waals surface area contributed by atoms with E-state index >= 15 is 0 Å². The molecule has 0 bridgehead atoms. The van der Waals surface area contributed by atoms with Gasteiger partial charge in [0.2, 0.25) is 5.91 Å². The molecule has 0 fully saturated rings. The molecular weight excluding hydrogens is 466 g/mol. The number of hydrogen-bond donors (Lipinski definition) is 2. The van der Waals surface area contributed by atoms with Gasteiger partial charge in [-0.3, -0.25) is 9.36 Å². The molecule has 5 rings (SSSR count). The molecule has 6 nitrogen and oxygen atoms in total. The monoisotopic (exact) mass is 495 g/mol. The molecule has 182 valence electrons. The number of anilines is 1. The van der Waals surface area contributed by atoms with E-state index in [0.717, 1.165) is 63.2 Å². The van der Waals surface area contributed by atoms with Gasteiger partial charge in [-0.15, -0.1) is 10.2 Å². The lowest BCUT2D eigenvalue weighted by atomic mass is 10.0. The molecule has 2 N–H and O–H groups in total. The first-order valence-electron chi connectivity index (χ1n) is 12.2. The molecule has 0 unspecified atom stereocenters. The van der Waals surface area contributed by atoms with Gasteiger partial charge in [0.25, 0.3) is 0 Å². The smallest absolute Gasteiger partial charge is 0.234 e. The van der Waals surface area contributed by atoms with Crippen LogP contribution in [0.25, 0.3) is 28.0 Å². The van der Waals surface area contributed by atoms with Crippen LogP contribution in [-0.2, 0) is 17.6 Å². The van der Waals surface area contributed by atoms with Crippen LogP contribution in [-0.4, -0.2) is 31.4 Å². The number of carbonyl (C=O) groups is 1. The van der Waals surface area contributed by atoms with Crippen LogP contribution in [0, 0.1) is 6.92 Å². The molecule has 0 radical (unpaired) electrons. The molecule has 2 heterocycles. The minimum absolute atomic E-state index is 0.0527. The van der Waals surface area contributed by atoms with Crippen molar-refractivity contribution in [1.29, 1.82) is 0 Å². The molecule has 0 atom stereocenters. The second kappa shape index (κ2) is 10.4.